The minimum atomic E-state index is -5.60. The van der Waals surface area contributed by atoms with Crippen molar-refractivity contribution in [2.45, 2.75) is 70.7 Å². The van der Waals surface area contributed by atoms with Crippen molar-refractivity contribution in [1.82, 2.24) is 30.2 Å². The summed E-state index contributed by atoms with van der Waals surface area (Å²) in [7, 11) is -16.5. The zero-order valence-corrected chi connectivity index (χ0v) is 32.0. The van der Waals surface area contributed by atoms with Crippen LogP contribution in [0.1, 0.15) is 56.9 Å². The van der Waals surface area contributed by atoms with E-state index in [1.165, 1.54) is 13.8 Å². The lowest BCUT2D eigenvalue weighted by atomic mass is 9.87. The quantitative estimate of drug-likeness (QED) is 0.0423. The minimum Gasteiger partial charge on any atom is -0.386 e. The smallest absolute Gasteiger partial charge is 0.386 e. The van der Waals surface area contributed by atoms with Crippen LogP contribution in [0.5, 0.6) is 0 Å². The number of amides is 2. The molecule has 10 N–H and O–H groups in total. The van der Waals surface area contributed by atoms with Gasteiger partial charge in [-0.05, 0) is 6.42 Å². The second kappa shape index (κ2) is 18.5. The number of nitrogens with one attached hydrogen (secondary N) is 2. The van der Waals surface area contributed by atoms with Gasteiger partial charge in [0.25, 0.3) is 0 Å². The van der Waals surface area contributed by atoms with Crippen molar-refractivity contribution in [1.29, 1.82) is 0 Å². The normalized spacial score (nSPS) is 22.2. The van der Waals surface area contributed by atoms with Crippen LogP contribution in [0, 0.1) is 5.41 Å². The third-order valence-electron chi connectivity index (χ3n) is 7.30. The van der Waals surface area contributed by atoms with Gasteiger partial charge < -0.3 is 50.9 Å². The zero-order valence-electron chi connectivity index (χ0n) is 28.5. The van der Waals surface area contributed by atoms with Gasteiger partial charge in [0.1, 0.15) is 29.9 Å². The molecule has 1 aliphatic heterocycles. The second-order valence-electron chi connectivity index (χ2n) is 12.1. The third kappa shape index (κ3) is 12.8. The number of ketones is 1. The summed E-state index contributed by atoms with van der Waals surface area (Å²) in [6.07, 6.45) is -7.75. The maximum absolute atomic E-state index is 12.7. The van der Waals surface area contributed by atoms with E-state index in [0.717, 1.165) is 10.9 Å². The van der Waals surface area contributed by atoms with Crippen molar-refractivity contribution in [3.63, 3.8) is 0 Å². The number of carbonyl (C=O) groups excluding carboxylic acids is 3. The van der Waals surface area contributed by atoms with Crippen molar-refractivity contribution in [2.75, 3.05) is 37.8 Å². The first kappa shape index (κ1) is 45.0. The van der Waals surface area contributed by atoms with Crippen molar-refractivity contribution >= 4 is 70.7 Å². The van der Waals surface area contributed by atoms with E-state index >= 15 is 0 Å². The van der Waals surface area contributed by atoms with Gasteiger partial charge in [0.05, 0.1) is 19.5 Å². The van der Waals surface area contributed by atoms with E-state index in [2.05, 4.69) is 47.0 Å². The first-order chi connectivity index (χ1) is 24.5. The molecule has 0 radical (unpaired) electrons. The number of nitrogen functional groups attached to an aromatic ring is 1. The highest BCUT2D eigenvalue weighted by atomic mass is 32.1. The van der Waals surface area contributed by atoms with E-state index in [0.29, 0.717) is 18.7 Å². The SMILES string of the molecule is CCCC(=O)c1nc(N)c2ncn([C@@H]3O[C@H](COP(=O)(O)OP(=O)(O)OCC(C)(C)C(O)C(=O)NCCC(=O)NCCS)[C@@H](OP(=O)(O)O)[C@H]3O)c2n1. The molecule has 300 valence electrons. The van der Waals surface area contributed by atoms with Gasteiger partial charge in [0.15, 0.2) is 29.3 Å². The van der Waals surface area contributed by atoms with Gasteiger partial charge in [0.2, 0.25) is 11.8 Å². The number of imidazole rings is 1. The average Bonchev–Trinajstić information content (AvgIpc) is 3.61. The lowest BCUT2D eigenvalue weighted by molar-refractivity contribution is -0.137. The summed E-state index contributed by atoms with van der Waals surface area (Å²) in [5.74, 6) is -1.90. The number of nitrogens with zero attached hydrogens (tertiary/aromatic N) is 4. The number of aliphatic hydroxyl groups is 2. The van der Waals surface area contributed by atoms with Crippen molar-refractivity contribution in [3.8, 4) is 0 Å². The number of rotatable bonds is 21. The molecule has 0 aliphatic carbocycles. The number of aromatic nitrogens is 4. The van der Waals surface area contributed by atoms with Crippen LogP contribution >= 0.6 is 36.1 Å². The summed E-state index contributed by atoms with van der Waals surface area (Å²) in [6, 6.07) is 0. The molecule has 2 amide bonds. The molecule has 3 rings (SSSR count). The van der Waals surface area contributed by atoms with Crippen LogP contribution in [0.4, 0.5) is 5.82 Å². The lowest BCUT2D eigenvalue weighted by Gasteiger charge is -2.30. The first-order valence-electron chi connectivity index (χ1n) is 15.6. The molecule has 0 saturated carbocycles. The Labute approximate surface area is 307 Å². The van der Waals surface area contributed by atoms with E-state index in [4.69, 9.17) is 19.5 Å². The second-order valence-corrected chi connectivity index (χ2v) is 16.8. The monoisotopic (exact) mass is 837 g/mol. The number of phosphoric acid groups is 3. The van der Waals surface area contributed by atoms with E-state index in [-0.39, 0.29) is 48.1 Å². The molecular formula is C25H42N7O17P3S. The molecule has 1 fully saturated rings. The van der Waals surface area contributed by atoms with Gasteiger partial charge in [-0.3, -0.25) is 32.5 Å². The van der Waals surface area contributed by atoms with E-state index in [9.17, 15) is 57.9 Å². The Balaban J connectivity index is 1.68. The molecule has 3 unspecified atom stereocenters. The molecule has 2 aromatic rings. The van der Waals surface area contributed by atoms with Gasteiger partial charge in [-0.25, -0.2) is 28.6 Å². The van der Waals surface area contributed by atoms with E-state index < -0.39 is 84.4 Å². The summed E-state index contributed by atoms with van der Waals surface area (Å²) >= 11 is 3.95. The van der Waals surface area contributed by atoms with Crippen molar-refractivity contribution in [2.24, 2.45) is 5.41 Å². The summed E-state index contributed by atoms with van der Waals surface area (Å²) in [5.41, 5.74) is 4.16. The van der Waals surface area contributed by atoms with Gasteiger partial charge in [-0.1, -0.05) is 20.8 Å². The van der Waals surface area contributed by atoms with Crippen molar-refractivity contribution < 1.29 is 80.5 Å². The number of nitrogens with two attached hydrogens (primary N) is 1. The summed E-state index contributed by atoms with van der Waals surface area (Å²) in [6.45, 7) is 2.35. The Bertz CT molecular complexity index is 1780. The number of ether oxygens (including phenoxy) is 1. The largest absolute Gasteiger partial charge is 0.481 e. The molecule has 53 heavy (non-hydrogen) atoms. The minimum absolute atomic E-state index is 0.0335. The van der Waals surface area contributed by atoms with Crippen LogP contribution in [0.3, 0.4) is 0 Å². The third-order valence-corrected chi connectivity index (χ3v) is 10.6. The predicted octanol–water partition coefficient (Wildman–Crippen LogP) is -0.682. The maximum atomic E-state index is 12.7. The molecule has 1 aliphatic rings. The number of hydrogen-bond donors (Lipinski definition) is 10. The van der Waals surface area contributed by atoms with Crippen LogP contribution in [0.2, 0.25) is 0 Å². The first-order valence-corrected chi connectivity index (χ1v) is 20.8. The Hall–Kier alpha value is -2.44. The van der Waals surface area contributed by atoms with Gasteiger partial charge in [-0.15, -0.1) is 0 Å². The molecule has 0 spiro atoms. The number of phosphoric ester groups is 3. The molecule has 0 bridgehead atoms. The molecule has 0 aromatic carbocycles. The van der Waals surface area contributed by atoms with Gasteiger partial charge >= 0.3 is 23.5 Å². The number of fused-ring (bicyclic) bond motifs is 1. The molecule has 1 saturated heterocycles. The lowest BCUT2D eigenvalue weighted by Crippen LogP contribution is -2.46. The number of thiol groups is 1. The van der Waals surface area contributed by atoms with Crippen LogP contribution in [0.25, 0.3) is 11.2 Å². The average molecular weight is 838 g/mol. The zero-order chi connectivity index (χ0) is 39.9. The Morgan fingerprint density at radius 3 is 2.36 bits per heavy atom. The van der Waals surface area contributed by atoms with E-state index in [1.54, 1.807) is 6.92 Å². The topological polar surface area (TPSA) is 364 Å². The molecule has 7 atom stereocenters. The molecule has 24 nitrogen and oxygen atoms in total. The Kier molecular flexibility index (Phi) is 15.7. The maximum Gasteiger partial charge on any atom is 0.481 e. The predicted molar refractivity (Wildman–Crippen MR) is 183 cm³/mol. The van der Waals surface area contributed by atoms with Crippen LogP contribution in [0.15, 0.2) is 6.33 Å². The summed E-state index contributed by atoms with van der Waals surface area (Å²) < 4.78 is 62.2. The Morgan fingerprint density at radius 2 is 1.74 bits per heavy atom. The Morgan fingerprint density at radius 1 is 1.08 bits per heavy atom. The molecular weight excluding hydrogens is 795 g/mol. The molecule has 3 heterocycles. The van der Waals surface area contributed by atoms with Gasteiger partial charge in [0, 0.05) is 37.1 Å². The summed E-state index contributed by atoms with van der Waals surface area (Å²) in [5, 5.41) is 26.3. The fourth-order valence-corrected chi connectivity index (χ4v) is 7.61. The molecule has 2 aromatic heterocycles. The van der Waals surface area contributed by atoms with Gasteiger partial charge in [-0.2, -0.15) is 16.9 Å². The van der Waals surface area contributed by atoms with E-state index in [1.807, 2.05) is 0 Å². The fourth-order valence-electron chi connectivity index (χ4n) is 4.67. The number of Topliss-reactive ketones (excluding diaryl/α,β-unsaturated/α-hetero) is 1. The molecule has 28 heteroatoms. The highest BCUT2D eigenvalue weighted by Gasteiger charge is 2.50. The summed E-state index contributed by atoms with van der Waals surface area (Å²) in [4.78, 5) is 87.9. The van der Waals surface area contributed by atoms with Crippen LogP contribution in [-0.4, -0.2) is 123 Å². The highest BCUT2D eigenvalue weighted by molar-refractivity contribution is 7.80. The number of aliphatic hydroxyl groups excluding tert-OH is 2. The number of hydrogen-bond acceptors (Lipinski definition) is 18. The van der Waals surface area contributed by atoms with Crippen molar-refractivity contribution in [3.05, 3.63) is 12.2 Å². The standard InChI is InChI=1S/C25H42N7O17P3S/c1-4-5-13(33)21-30-20(26)16-22(31-21)32(12-29-16)24-17(35)18(48-50(38,39)40)14(47-24)10-45-51(41,42)49-52(43,44)46-11-25(2,3)19(36)23(37)28-7-6-15(34)27-8-9-53/h12,14,17-19,24,35-36,53H,4-11H2,1-3H3,(H,27,34)(H,28,37)(H,41,42)(H,43,44)(H2,26,30,31)(H2,38,39,40)/t14-,17-,18-,19?,24-/m1/s1. The van der Waals surface area contributed by atoms with Crippen LogP contribution < -0.4 is 16.4 Å². The number of anilines is 1. The van der Waals surface area contributed by atoms with Crippen LogP contribution in [-0.2, 0) is 45.9 Å². The number of carbonyl (C=O) groups is 3. The highest BCUT2D eigenvalue weighted by Crippen LogP contribution is 2.61. The fraction of sp³-hybridized carbons (Fsp3) is 0.680.